The van der Waals surface area contributed by atoms with Crippen LogP contribution >= 0.6 is 15.9 Å². The fourth-order valence-electron chi connectivity index (χ4n) is 3.77. The molecule has 0 radical (unpaired) electrons. The molecule has 0 amide bonds. The van der Waals surface area contributed by atoms with E-state index in [-0.39, 0.29) is 11.8 Å². The summed E-state index contributed by atoms with van der Waals surface area (Å²) in [6.07, 6.45) is 2.93. The van der Waals surface area contributed by atoms with Crippen LogP contribution in [0.2, 0.25) is 0 Å². The molecule has 4 rings (SSSR count). The summed E-state index contributed by atoms with van der Waals surface area (Å²) in [5.41, 5.74) is 3.17. The summed E-state index contributed by atoms with van der Waals surface area (Å²) in [5, 5.41) is 7.18. The lowest BCUT2D eigenvalue weighted by Crippen LogP contribution is -2.51. The number of fused-ring (bicyclic) bond motifs is 3. The number of hydrogen-bond donors (Lipinski definition) is 0. The lowest BCUT2D eigenvalue weighted by atomic mass is 9.94. The molecule has 0 aliphatic carbocycles. The Morgan fingerprint density at radius 2 is 1.96 bits per heavy atom. The quantitative estimate of drug-likeness (QED) is 0.696. The number of halogens is 1. The molecule has 24 heavy (non-hydrogen) atoms. The smallest absolute Gasteiger partial charge is 0.195 e. The highest BCUT2D eigenvalue weighted by molar-refractivity contribution is 9.10. The second-order valence-electron chi connectivity index (χ2n) is 6.68. The highest BCUT2D eigenvalue weighted by atomic mass is 79.9. The number of benzene rings is 2. The molecule has 2 aromatic rings. The molecule has 2 aliphatic heterocycles. The molecule has 0 unspecified atom stereocenters. The van der Waals surface area contributed by atoms with E-state index in [9.17, 15) is 0 Å². The predicted molar refractivity (Wildman–Crippen MR) is 100 cm³/mol. The third kappa shape index (κ3) is 2.53. The first-order valence-electron chi connectivity index (χ1n) is 8.51. The van der Waals surface area contributed by atoms with Gasteiger partial charge in [0.1, 0.15) is 5.75 Å². The van der Waals surface area contributed by atoms with Crippen molar-refractivity contribution in [1.29, 1.82) is 0 Å². The largest absolute Gasteiger partial charge is 0.466 e. The molecule has 0 aromatic heterocycles. The third-order valence-corrected chi connectivity index (χ3v) is 5.42. The maximum Gasteiger partial charge on any atom is 0.195 e. The molecule has 0 saturated carbocycles. The molecule has 2 atom stereocenters. The summed E-state index contributed by atoms with van der Waals surface area (Å²) >= 11 is 3.50. The van der Waals surface area contributed by atoms with Crippen molar-refractivity contribution in [3.8, 4) is 5.75 Å². The Hall–Kier alpha value is -1.81. The predicted octanol–water partition coefficient (Wildman–Crippen LogP) is 5.51. The average molecular weight is 385 g/mol. The minimum absolute atomic E-state index is 0.255. The van der Waals surface area contributed by atoms with E-state index in [0.717, 1.165) is 35.2 Å². The van der Waals surface area contributed by atoms with Crippen molar-refractivity contribution in [2.24, 2.45) is 5.10 Å². The molecule has 2 heterocycles. The maximum atomic E-state index is 6.39. The second kappa shape index (κ2) is 5.92. The molecule has 2 aromatic carbocycles. The van der Waals surface area contributed by atoms with Crippen LogP contribution in [0.25, 0.3) is 0 Å². The third-order valence-electron chi connectivity index (χ3n) is 4.89. The van der Waals surface area contributed by atoms with E-state index in [1.54, 1.807) is 0 Å². The van der Waals surface area contributed by atoms with Gasteiger partial charge in [0.15, 0.2) is 5.72 Å². The first-order chi connectivity index (χ1) is 11.6. The van der Waals surface area contributed by atoms with E-state index in [4.69, 9.17) is 9.84 Å². The van der Waals surface area contributed by atoms with Crippen LogP contribution in [0.5, 0.6) is 5.75 Å². The highest BCUT2D eigenvalue weighted by Gasteiger charge is 2.46. The Labute approximate surface area is 151 Å². The van der Waals surface area contributed by atoms with Crippen molar-refractivity contribution in [2.45, 2.75) is 44.9 Å². The molecule has 0 N–H and O–H groups in total. The number of rotatable bonds is 3. The Kier molecular flexibility index (Phi) is 3.87. The van der Waals surface area contributed by atoms with Crippen molar-refractivity contribution in [3.05, 3.63) is 64.1 Å². The molecule has 124 valence electrons. The lowest BCUT2D eigenvalue weighted by Gasteiger charge is -2.45. The fraction of sp³-hybridized carbons (Fsp3) is 0.350. The summed E-state index contributed by atoms with van der Waals surface area (Å²) in [7, 11) is 0. The number of para-hydroxylation sites is 1. The minimum atomic E-state index is -0.384. The topological polar surface area (TPSA) is 24.8 Å². The number of hydrogen-bond acceptors (Lipinski definition) is 3. The molecule has 0 fully saturated rings. The Bertz CT molecular complexity index is 786. The molecule has 0 spiro atoms. The standard InChI is InChI=1S/C20H21BrN2O/c1-3-12-20(2)23-18(16-6-4-5-7-19(16)24-20)13-17(22-23)14-8-10-15(21)11-9-14/h4-11,18H,3,12-13H2,1-2H3/t18-,20-/m0/s1. The van der Waals surface area contributed by atoms with Crippen LogP contribution in [0.15, 0.2) is 58.1 Å². The van der Waals surface area contributed by atoms with Gasteiger partial charge < -0.3 is 4.74 Å². The zero-order chi connectivity index (χ0) is 16.7. The van der Waals surface area contributed by atoms with Gasteiger partial charge in [-0.05, 0) is 30.7 Å². The normalized spacial score (nSPS) is 24.9. The summed E-state index contributed by atoms with van der Waals surface area (Å²) in [5.74, 6) is 1.00. The molecular formula is C20H21BrN2O. The Morgan fingerprint density at radius 1 is 1.21 bits per heavy atom. The molecule has 2 aliphatic rings. The molecular weight excluding hydrogens is 364 g/mol. The fourth-order valence-corrected chi connectivity index (χ4v) is 4.03. The van der Waals surface area contributed by atoms with Gasteiger partial charge >= 0.3 is 0 Å². The van der Waals surface area contributed by atoms with E-state index < -0.39 is 0 Å². The summed E-state index contributed by atoms with van der Waals surface area (Å²) < 4.78 is 7.48. The number of ether oxygens (including phenoxy) is 1. The van der Waals surface area contributed by atoms with E-state index in [0.29, 0.717) is 0 Å². The van der Waals surface area contributed by atoms with E-state index in [2.05, 4.69) is 77.3 Å². The van der Waals surface area contributed by atoms with Gasteiger partial charge in [-0.25, -0.2) is 5.01 Å². The van der Waals surface area contributed by atoms with Gasteiger partial charge in [0, 0.05) is 22.9 Å². The van der Waals surface area contributed by atoms with Crippen LogP contribution in [0, 0.1) is 0 Å². The SMILES string of the molecule is CCC[C@]1(C)Oc2ccccc2[C@@H]2CC(c3ccc(Br)cc3)=NN21. The molecule has 4 heteroatoms. The summed E-state index contributed by atoms with van der Waals surface area (Å²) in [6, 6.07) is 17.0. The zero-order valence-corrected chi connectivity index (χ0v) is 15.6. The highest BCUT2D eigenvalue weighted by Crippen LogP contribution is 2.47. The van der Waals surface area contributed by atoms with E-state index in [1.165, 1.54) is 11.1 Å². The van der Waals surface area contributed by atoms with Gasteiger partial charge in [0.2, 0.25) is 0 Å². The summed E-state index contributed by atoms with van der Waals surface area (Å²) in [4.78, 5) is 0. The van der Waals surface area contributed by atoms with Crippen molar-refractivity contribution in [2.75, 3.05) is 0 Å². The summed E-state index contributed by atoms with van der Waals surface area (Å²) in [6.45, 7) is 4.35. The van der Waals surface area contributed by atoms with Crippen LogP contribution in [-0.4, -0.2) is 16.4 Å². The maximum absolute atomic E-state index is 6.39. The Morgan fingerprint density at radius 3 is 2.71 bits per heavy atom. The van der Waals surface area contributed by atoms with Gasteiger partial charge in [-0.1, -0.05) is 59.6 Å². The van der Waals surface area contributed by atoms with Gasteiger partial charge in [0.05, 0.1) is 11.8 Å². The van der Waals surface area contributed by atoms with Crippen LogP contribution in [0.3, 0.4) is 0 Å². The monoisotopic (exact) mass is 384 g/mol. The number of hydrazone groups is 1. The molecule has 0 saturated heterocycles. The van der Waals surface area contributed by atoms with Gasteiger partial charge in [-0.2, -0.15) is 5.10 Å². The van der Waals surface area contributed by atoms with Crippen LogP contribution in [0.1, 0.15) is 50.3 Å². The van der Waals surface area contributed by atoms with E-state index in [1.807, 2.05) is 6.07 Å². The van der Waals surface area contributed by atoms with Crippen LogP contribution in [0.4, 0.5) is 0 Å². The first kappa shape index (κ1) is 15.7. The minimum Gasteiger partial charge on any atom is -0.466 e. The molecule has 0 bridgehead atoms. The van der Waals surface area contributed by atoms with Crippen LogP contribution in [-0.2, 0) is 0 Å². The van der Waals surface area contributed by atoms with Crippen molar-refractivity contribution in [1.82, 2.24) is 5.01 Å². The first-order valence-corrected chi connectivity index (χ1v) is 9.31. The van der Waals surface area contributed by atoms with Crippen LogP contribution < -0.4 is 4.74 Å². The molecule has 3 nitrogen and oxygen atoms in total. The Balaban J connectivity index is 1.76. The van der Waals surface area contributed by atoms with Crippen molar-refractivity contribution >= 4 is 21.6 Å². The zero-order valence-electron chi connectivity index (χ0n) is 14.0. The van der Waals surface area contributed by atoms with E-state index >= 15 is 0 Å². The van der Waals surface area contributed by atoms with Gasteiger partial charge in [0.25, 0.3) is 0 Å². The number of nitrogens with zero attached hydrogens (tertiary/aromatic N) is 2. The van der Waals surface area contributed by atoms with Gasteiger partial charge in [-0.3, -0.25) is 0 Å². The average Bonchev–Trinajstić information content (AvgIpc) is 3.02. The lowest BCUT2D eigenvalue weighted by molar-refractivity contribution is -0.111. The van der Waals surface area contributed by atoms with Crippen molar-refractivity contribution < 1.29 is 4.74 Å². The second-order valence-corrected chi connectivity index (χ2v) is 7.60. The van der Waals surface area contributed by atoms with Gasteiger partial charge in [-0.15, -0.1) is 0 Å². The van der Waals surface area contributed by atoms with Crippen molar-refractivity contribution in [3.63, 3.8) is 0 Å².